The zero-order valence-electron chi connectivity index (χ0n) is 13.2. The third-order valence-electron chi connectivity index (χ3n) is 4.48. The van der Waals surface area contributed by atoms with Crippen molar-refractivity contribution in [3.8, 4) is 0 Å². The summed E-state index contributed by atoms with van der Waals surface area (Å²) >= 11 is 0. The van der Waals surface area contributed by atoms with E-state index in [1.807, 2.05) is 6.26 Å². The third-order valence-corrected chi connectivity index (χ3v) is 4.48. The Hall–Kier alpha value is -0.800. The molecule has 1 aliphatic carbocycles. The Kier molecular flexibility index (Phi) is 6.11. The number of ether oxygens (including phenoxy) is 1. The molecular formula is C17H29NO2. The molecule has 0 radical (unpaired) electrons. The van der Waals surface area contributed by atoms with Crippen LogP contribution >= 0.6 is 0 Å². The van der Waals surface area contributed by atoms with E-state index in [-0.39, 0.29) is 0 Å². The molecule has 1 fully saturated rings. The normalized spacial score (nSPS) is 26.9. The number of nitrogens with one attached hydrogen (secondary N) is 1. The maximum atomic E-state index is 6.01. The predicted molar refractivity (Wildman–Crippen MR) is 81.5 cm³/mol. The van der Waals surface area contributed by atoms with Crippen LogP contribution in [0.3, 0.4) is 0 Å². The lowest BCUT2D eigenvalue weighted by atomic mass is 9.80. The van der Waals surface area contributed by atoms with E-state index in [2.05, 4.69) is 32.2 Å². The Balaban J connectivity index is 1.71. The highest BCUT2D eigenvalue weighted by Gasteiger charge is 2.25. The third kappa shape index (κ3) is 4.64. The number of rotatable bonds is 7. The minimum absolute atomic E-state index is 0.410. The van der Waals surface area contributed by atoms with Crippen molar-refractivity contribution in [1.82, 2.24) is 5.32 Å². The van der Waals surface area contributed by atoms with Gasteiger partial charge in [-0.3, -0.25) is 0 Å². The van der Waals surface area contributed by atoms with Gasteiger partial charge in [0.1, 0.15) is 12.4 Å². The molecule has 3 heteroatoms. The molecule has 0 saturated heterocycles. The molecule has 1 aromatic heterocycles. The van der Waals surface area contributed by atoms with E-state index in [4.69, 9.17) is 9.15 Å². The Labute approximate surface area is 123 Å². The summed E-state index contributed by atoms with van der Waals surface area (Å²) in [5.74, 6) is 2.57. The van der Waals surface area contributed by atoms with E-state index in [1.165, 1.54) is 24.8 Å². The molecule has 1 heterocycles. The van der Waals surface area contributed by atoms with Gasteiger partial charge < -0.3 is 14.5 Å². The van der Waals surface area contributed by atoms with Crippen molar-refractivity contribution in [2.45, 2.75) is 65.7 Å². The first-order valence-corrected chi connectivity index (χ1v) is 8.07. The molecule has 0 aromatic carbocycles. The van der Waals surface area contributed by atoms with Gasteiger partial charge in [-0.05, 0) is 50.1 Å². The molecule has 1 aromatic rings. The van der Waals surface area contributed by atoms with Crippen LogP contribution in [0, 0.1) is 11.8 Å². The summed E-state index contributed by atoms with van der Waals surface area (Å²) in [6.07, 6.45) is 7.08. The van der Waals surface area contributed by atoms with Gasteiger partial charge in [-0.2, -0.15) is 0 Å². The Morgan fingerprint density at radius 1 is 1.30 bits per heavy atom. The summed E-state index contributed by atoms with van der Waals surface area (Å²) < 4.78 is 11.6. The molecule has 0 bridgehead atoms. The summed E-state index contributed by atoms with van der Waals surface area (Å²) in [5, 5.41) is 3.38. The molecule has 3 unspecified atom stereocenters. The van der Waals surface area contributed by atoms with Crippen molar-refractivity contribution in [1.29, 1.82) is 0 Å². The van der Waals surface area contributed by atoms with Crippen molar-refractivity contribution in [3.63, 3.8) is 0 Å². The van der Waals surface area contributed by atoms with Crippen molar-refractivity contribution in [2.24, 2.45) is 11.8 Å². The number of hydrogen-bond acceptors (Lipinski definition) is 3. The largest absolute Gasteiger partial charge is 0.467 e. The van der Waals surface area contributed by atoms with E-state index in [0.29, 0.717) is 12.7 Å². The van der Waals surface area contributed by atoms with Gasteiger partial charge in [0.05, 0.1) is 12.4 Å². The van der Waals surface area contributed by atoms with Gasteiger partial charge in [0.15, 0.2) is 0 Å². The highest BCUT2D eigenvalue weighted by molar-refractivity contribution is 5.12. The van der Waals surface area contributed by atoms with Crippen LogP contribution in [0.5, 0.6) is 0 Å². The van der Waals surface area contributed by atoms with Crippen molar-refractivity contribution >= 4 is 0 Å². The molecule has 1 N–H and O–H groups in total. The average molecular weight is 279 g/mol. The SMILES string of the molecule is CCCNCc1coc(COC2CCC(C)C(C)C2)c1. The second-order valence-electron chi connectivity index (χ2n) is 6.30. The molecule has 1 aliphatic rings. The van der Waals surface area contributed by atoms with Crippen molar-refractivity contribution in [2.75, 3.05) is 6.54 Å². The smallest absolute Gasteiger partial charge is 0.129 e. The fraction of sp³-hybridized carbons (Fsp3) is 0.765. The molecule has 3 atom stereocenters. The van der Waals surface area contributed by atoms with E-state index in [9.17, 15) is 0 Å². The second-order valence-corrected chi connectivity index (χ2v) is 6.30. The van der Waals surface area contributed by atoms with Gasteiger partial charge in [-0.1, -0.05) is 20.8 Å². The molecular weight excluding hydrogens is 250 g/mol. The Bertz CT molecular complexity index is 388. The molecule has 0 spiro atoms. The first-order valence-electron chi connectivity index (χ1n) is 8.07. The van der Waals surface area contributed by atoms with Gasteiger partial charge in [0, 0.05) is 12.1 Å². The highest BCUT2D eigenvalue weighted by Crippen LogP contribution is 2.31. The zero-order valence-corrected chi connectivity index (χ0v) is 13.2. The highest BCUT2D eigenvalue weighted by atomic mass is 16.5. The first-order chi connectivity index (χ1) is 9.69. The van der Waals surface area contributed by atoms with Crippen LogP contribution in [0.2, 0.25) is 0 Å². The van der Waals surface area contributed by atoms with Crippen LogP contribution in [0.1, 0.15) is 57.8 Å². The lowest BCUT2D eigenvalue weighted by Gasteiger charge is -2.31. The topological polar surface area (TPSA) is 34.4 Å². The molecule has 3 nitrogen and oxygen atoms in total. The molecule has 0 amide bonds. The summed E-state index contributed by atoms with van der Waals surface area (Å²) in [6, 6.07) is 2.11. The number of hydrogen-bond donors (Lipinski definition) is 1. The summed E-state index contributed by atoms with van der Waals surface area (Å²) in [6.45, 7) is 9.41. The standard InChI is InChI=1S/C17H29NO2/c1-4-7-18-10-15-9-17(19-11-15)12-20-16-6-5-13(2)14(3)8-16/h9,11,13-14,16,18H,4-8,10,12H2,1-3H3. The van der Waals surface area contributed by atoms with E-state index >= 15 is 0 Å². The van der Waals surface area contributed by atoms with Crippen LogP contribution in [0.4, 0.5) is 0 Å². The van der Waals surface area contributed by atoms with Crippen LogP contribution < -0.4 is 5.32 Å². The average Bonchev–Trinajstić information content (AvgIpc) is 2.88. The predicted octanol–water partition coefficient (Wildman–Crippen LogP) is 4.12. The summed E-state index contributed by atoms with van der Waals surface area (Å²) in [7, 11) is 0. The maximum Gasteiger partial charge on any atom is 0.129 e. The molecule has 114 valence electrons. The van der Waals surface area contributed by atoms with Gasteiger partial charge in [0.25, 0.3) is 0 Å². The van der Waals surface area contributed by atoms with Crippen molar-refractivity contribution < 1.29 is 9.15 Å². The minimum Gasteiger partial charge on any atom is -0.467 e. The minimum atomic E-state index is 0.410. The van der Waals surface area contributed by atoms with Gasteiger partial charge in [-0.25, -0.2) is 0 Å². The van der Waals surface area contributed by atoms with Gasteiger partial charge >= 0.3 is 0 Å². The van der Waals surface area contributed by atoms with Crippen LogP contribution in [-0.4, -0.2) is 12.6 Å². The zero-order chi connectivity index (χ0) is 14.4. The Morgan fingerprint density at radius 2 is 2.15 bits per heavy atom. The fourth-order valence-corrected chi connectivity index (χ4v) is 2.85. The fourth-order valence-electron chi connectivity index (χ4n) is 2.85. The molecule has 0 aliphatic heterocycles. The lowest BCUT2D eigenvalue weighted by Crippen LogP contribution is -2.26. The monoisotopic (exact) mass is 279 g/mol. The lowest BCUT2D eigenvalue weighted by molar-refractivity contribution is -0.0139. The van der Waals surface area contributed by atoms with Crippen LogP contribution in [-0.2, 0) is 17.9 Å². The summed E-state index contributed by atoms with van der Waals surface area (Å²) in [5.41, 5.74) is 1.21. The van der Waals surface area contributed by atoms with Gasteiger partial charge in [-0.15, -0.1) is 0 Å². The molecule has 2 rings (SSSR count). The molecule has 20 heavy (non-hydrogen) atoms. The van der Waals surface area contributed by atoms with Crippen LogP contribution in [0.15, 0.2) is 16.7 Å². The van der Waals surface area contributed by atoms with E-state index in [1.54, 1.807) is 0 Å². The van der Waals surface area contributed by atoms with E-state index < -0.39 is 0 Å². The van der Waals surface area contributed by atoms with E-state index in [0.717, 1.165) is 37.1 Å². The number of furan rings is 1. The van der Waals surface area contributed by atoms with Gasteiger partial charge in [0.2, 0.25) is 0 Å². The summed E-state index contributed by atoms with van der Waals surface area (Å²) in [4.78, 5) is 0. The van der Waals surface area contributed by atoms with Crippen LogP contribution in [0.25, 0.3) is 0 Å². The first kappa shape index (κ1) is 15.6. The quantitative estimate of drug-likeness (QED) is 0.762. The van der Waals surface area contributed by atoms with Crippen molar-refractivity contribution in [3.05, 3.63) is 23.7 Å². The second kappa shape index (κ2) is 7.84. The Morgan fingerprint density at radius 3 is 2.90 bits per heavy atom. The maximum absolute atomic E-state index is 6.01. The molecule has 1 saturated carbocycles.